The molecule has 0 fully saturated rings. The van der Waals surface area contributed by atoms with E-state index in [1.807, 2.05) is 44.4 Å². The predicted molar refractivity (Wildman–Crippen MR) is 131 cm³/mol. The van der Waals surface area contributed by atoms with Gasteiger partial charge in [-0.05, 0) is 74.3 Å². The molecule has 4 aromatic rings. The second kappa shape index (κ2) is 8.72. The molecular formula is C26H25N5O3. The summed E-state index contributed by atoms with van der Waals surface area (Å²) in [4.78, 5) is 35.6. The van der Waals surface area contributed by atoms with E-state index in [2.05, 4.69) is 32.3 Å². The number of nitrogens with zero attached hydrogens (tertiary/aromatic N) is 4. The van der Waals surface area contributed by atoms with Crippen molar-refractivity contribution in [2.45, 2.75) is 25.8 Å². The summed E-state index contributed by atoms with van der Waals surface area (Å²) in [5, 5.41) is 13.0. The molecule has 34 heavy (non-hydrogen) atoms. The largest absolute Gasteiger partial charge is 0.477 e. The number of fused-ring (bicyclic) bond motifs is 2. The Morgan fingerprint density at radius 1 is 1.12 bits per heavy atom. The fourth-order valence-electron chi connectivity index (χ4n) is 4.42. The highest BCUT2D eigenvalue weighted by Gasteiger charge is 2.19. The molecule has 0 amide bonds. The molecule has 8 heteroatoms. The van der Waals surface area contributed by atoms with E-state index in [4.69, 9.17) is 0 Å². The van der Waals surface area contributed by atoms with Crippen LogP contribution < -0.4 is 10.7 Å². The molecule has 1 aliphatic carbocycles. The molecule has 0 unspecified atom stereocenters. The van der Waals surface area contributed by atoms with Crippen LogP contribution >= 0.6 is 0 Å². The normalized spacial score (nSPS) is 12.8. The fourth-order valence-corrected chi connectivity index (χ4v) is 4.42. The summed E-state index contributed by atoms with van der Waals surface area (Å²) in [6.07, 6.45) is 5.89. The molecule has 8 nitrogen and oxygen atoms in total. The zero-order chi connectivity index (χ0) is 23.8. The van der Waals surface area contributed by atoms with E-state index in [1.54, 1.807) is 4.57 Å². The highest BCUT2D eigenvalue weighted by atomic mass is 16.4. The number of carboxylic acid groups (broad SMARTS) is 1. The minimum Gasteiger partial charge on any atom is -0.477 e. The van der Waals surface area contributed by atoms with Gasteiger partial charge in [0, 0.05) is 30.3 Å². The first-order valence-electron chi connectivity index (χ1n) is 11.2. The van der Waals surface area contributed by atoms with E-state index in [0.29, 0.717) is 11.6 Å². The van der Waals surface area contributed by atoms with Gasteiger partial charge >= 0.3 is 5.97 Å². The summed E-state index contributed by atoms with van der Waals surface area (Å²) >= 11 is 0. The summed E-state index contributed by atoms with van der Waals surface area (Å²) in [5.41, 5.74) is 4.76. The fraction of sp³-hybridized carbons (Fsp3) is 0.231. The van der Waals surface area contributed by atoms with E-state index in [9.17, 15) is 14.7 Å². The third-order valence-electron chi connectivity index (χ3n) is 6.04. The minimum absolute atomic E-state index is 0.160. The van der Waals surface area contributed by atoms with Crippen LogP contribution in [0.25, 0.3) is 16.7 Å². The molecule has 172 valence electrons. The van der Waals surface area contributed by atoms with Gasteiger partial charge in [0.05, 0.1) is 5.39 Å². The Balaban J connectivity index is 1.59. The summed E-state index contributed by atoms with van der Waals surface area (Å²) in [7, 11) is 4.04. The van der Waals surface area contributed by atoms with Crippen LogP contribution in [0.2, 0.25) is 0 Å². The quantitative estimate of drug-likeness (QED) is 0.456. The van der Waals surface area contributed by atoms with Crippen molar-refractivity contribution in [2.24, 2.45) is 0 Å². The summed E-state index contributed by atoms with van der Waals surface area (Å²) in [6.45, 7) is 0.839. The van der Waals surface area contributed by atoms with Crippen molar-refractivity contribution in [3.8, 4) is 5.69 Å². The zero-order valence-corrected chi connectivity index (χ0v) is 19.1. The molecule has 0 saturated carbocycles. The Labute approximate surface area is 196 Å². The van der Waals surface area contributed by atoms with Crippen LogP contribution in [0.3, 0.4) is 0 Å². The van der Waals surface area contributed by atoms with Crippen molar-refractivity contribution in [2.75, 3.05) is 19.4 Å². The monoisotopic (exact) mass is 455 g/mol. The van der Waals surface area contributed by atoms with Gasteiger partial charge in [-0.25, -0.2) is 9.78 Å². The first kappa shape index (κ1) is 21.8. The van der Waals surface area contributed by atoms with Crippen LogP contribution in [0.1, 0.15) is 33.5 Å². The number of rotatable bonds is 6. The maximum atomic E-state index is 12.8. The van der Waals surface area contributed by atoms with Crippen LogP contribution in [-0.4, -0.2) is 44.6 Å². The van der Waals surface area contributed by atoms with Gasteiger partial charge in [0.25, 0.3) is 0 Å². The predicted octanol–water partition coefficient (Wildman–Crippen LogP) is 3.77. The molecule has 2 heterocycles. The van der Waals surface area contributed by atoms with Crippen molar-refractivity contribution in [1.82, 2.24) is 19.4 Å². The molecule has 0 spiro atoms. The number of aromatic carboxylic acids is 1. The number of aryl methyl sites for hydroxylation is 2. The van der Waals surface area contributed by atoms with E-state index in [1.165, 1.54) is 29.1 Å². The molecule has 0 aliphatic heterocycles. The first-order valence-corrected chi connectivity index (χ1v) is 11.2. The van der Waals surface area contributed by atoms with Crippen LogP contribution in [0.5, 0.6) is 0 Å². The maximum Gasteiger partial charge on any atom is 0.341 e. The van der Waals surface area contributed by atoms with Crippen molar-refractivity contribution in [3.05, 3.63) is 87.3 Å². The summed E-state index contributed by atoms with van der Waals surface area (Å²) < 4.78 is 1.67. The standard InChI is InChI=1S/C26H25N5O3/c1-30(2)14-16-6-9-19(10-7-16)28-26-27-13-21-23(32)22(25(33)34)15-31(24(21)29-26)20-11-8-17-4-3-5-18(17)12-20/h6-13,15H,3-5,14H2,1-2H3,(H,33,34)(H,27,28,29). The van der Waals surface area contributed by atoms with Gasteiger partial charge in [-0.3, -0.25) is 4.79 Å². The third-order valence-corrected chi connectivity index (χ3v) is 6.04. The lowest BCUT2D eigenvalue weighted by atomic mass is 10.1. The molecular weight excluding hydrogens is 430 g/mol. The number of pyridine rings is 1. The van der Waals surface area contributed by atoms with Crippen LogP contribution in [0, 0.1) is 0 Å². The first-order chi connectivity index (χ1) is 16.4. The third kappa shape index (κ3) is 4.15. The van der Waals surface area contributed by atoms with Crippen LogP contribution in [-0.2, 0) is 19.4 Å². The smallest absolute Gasteiger partial charge is 0.341 e. The van der Waals surface area contributed by atoms with Gasteiger partial charge in [0.15, 0.2) is 5.65 Å². The lowest BCUT2D eigenvalue weighted by Crippen LogP contribution is -2.19. The Hall–Kier alpha value is -4.04. The second-order valence-corrected chi connectivity index (χ2v) is 8.84. The highest BCUT2D eigenvalue weighted by Crippen LogP contribution is 2.26. The molecule has 0 saturated heterocycles. The molecule has 0 radical (unpaired) electrons. The topological polar surface area (TPSA) is 100 Å². The molecule has 2 N–H and O–H groups in total. The number of hydrogen-bond acceptors (Lipinski definition) is 6. The minimum atomic E-state index is -1.28. The number of anilines is 2. The molecule has 0 bridgehead atoms. The van der Waals surface area contributed by atoms with Gasteiger partial charge in [-0.1, -0.05) is 18.2 Å². The Kier molecular flexibility index (Phi) is 5.59. The molecule has 0 atom stereocenters. The zero-order valence-electron chi connectivity index (χ0n) is 19.1. The van der Waals surface area contributed by atoms with Gasteiger partial charge < -0.3 is 19.9 Å². The van der Waals surface area contributed by atoms with E-state index in [0.717, 1.165) is 37.2 Å². The summed E-state index contributed by atoms with van der Waals surface area (Å²) in [5.74, 6) is -0.952. The van der Waals surface area contributed by atoms with Crippen molar-refractivity contribution in [1.29, 1.82) is 0 Å². The van der Waals surface area contributed by atoms with Gasteiger partial charge in [-0.15, -0.1) is 0 Å². The number of aromatic nitrogens is 3. The van der Waals surface area contributed by atoms with Crippen molar-refractivity contribution < 1.29 is 9.90 Å². The number of carbonyl (C=O) groups is 1. The average Bonchev–Trinajstić information content (AvgIpc) is 3.28. The lowest BCUT2D eigenvalue weighted by molar-refractivity contribution is 0.0695. The lowest BCUT2D eigenvalue weighted by Gasteiger charge is -2.14. The van der Waals surface area contributed by atoms with Crippen molar-refractivity contribution >= 4 is 28.6 Å². The average molecular weight is 456 g/mol. The molecule has 2 aromatic carbocycles. The van der Waals surface area contributed by atoms with Crippen LogP contribution in [0.4, 0.5) is 11.6 Å². The van der Waals surface area contributed by atoms with E-state index < -0.39 is 11.4 Å². The molecule has 1 aliphatic rings. The van der Waals surface area contributed by atoms with E-state index in [-0.39, 0.29) is 10.9 Å². The van der Waals surface area contributed by atoms with Crippen molar-refractivity contribution in [3.63, 3.8) is 0 Å². The molecule has 5 rings (SSSR count). The number of nitrogens with one attached hydrogen (secondary N) is 1. The van der Waals surface area contributed by atoms with Crippen LogP contribution in [0.15, 0.2) is 59.7 Å². The SMILES string of the molecule is CN(C)Cc1ccc(Nc2ncc3c(=O)c(C(=O)O)cn(-c4ccc5c(c4)CCC5)c3n2)cc1. The van der Waals surface area contributed by atoms with Gasteiger partial charge in [0.2, 0.25) is 11.4 Å². The number of hydrogen-bond donors (Lipinski definition) is 2. The Morgan fingerprint density at radius 3 is 2.62 bits per heavy atom. The maximum absolute atomic E-state index is 12.8. The number of carboxylic acids is 1. The van der Waals surface area contributed by atoms with Gasteiger partial charge in [0.1, 0.15) is 5.56 Å². The second-order valence-electron chi connectivity index (χ2n) is 8.84. The van der Waals surface area contributed by atoms with E-state index >= 15 is 0 Å². The highest BCUT2D eigenvalue weighted by molar-refractivity contribution is 5.92. The molecule has 2 aromatic heterocycles. The Bertz CT molecular complexity index is 1460. The number of benzene rings is 2. The van der Waals surface area contributed by atoms with Gasteiger partial charge in [-0.2, -0.15) is 4.98 Å². The summed E-state index contributed by atoms with van der Waals surface area (Å²) in [6, 6.07) is 14.0. The Morgan fingerprint density at radius 2 is 1.88 bits per heavy atom.